The highest BCUT2D eigenvalue weighted by Crippen LogP contribution is 2.12. The van der Waals surface area contributed by atoms with Crippen LogP contribution in [0.4, 0.5) is 0 Å². The summed E-state index contributed by atoms with van der Waals surface area (Å²) in [4.78, 5) is 15.0. The van der Waals surface area contributed by atoms with Crippen LogP contribution in [0.1, 0.15) is 10.4 Å². The number of hydrogen-bond acceptors (Lipinski definition) is 2. The van der Waals surface area contributed by atoms with Gasteiger partial charge in [0.05, 0.1) is 5.52 Å². The maximum absolute atomic E-state index is 10.8. The smallest absolute Gasteiger partial charge is 0.248 e. The normalized spacial score (nSPS) is 9.43. The van der Waals surface area contributed by atoms with Gasteiger partial charge in [-0.15, -0.1) is 12.4 Å². The summed E-state index contributed by atoms with van der Waals surface area (Å²) in [5.41, 5.74) is 6.53. The van der Waals surface area contributed by atoms with Gasteiger partial charge in [-0.2, -0.15) is 0 Å². The van der Waals surface area contributed by atoms with E-state index < -0.39 is 5.91 Å². The van der Waals surface area contributed by atoms with E-state index >= 15 is 0 Å². The number of nitrogens with two attached hydrogens (primary N) is 1. The van der Waals surface area contributed by atoms with Gasteiger partial charge >= 0.3 is 0 Å². The van der Waals surface area contributed by atoms with E-state index in [-0.39, 0.29) is 12.4 Å². The molecule has 0 unspecified atom stereocenters. The molecule has 0 aliphatic rings. The zero-order chi connectivity index (χ0) is 9.26. The van der Waals surface area contributed by atoms with Crippen LogP contribution in [-0.4, -0.2) is 10.9 Å². The van der Waals surface area contributed by atoms with Crippen molar-refractivity contribution in [3.05, 3.63) is 42.1 Å². The molecule has 0 saturated heterocycles. The molecule has 3 nitrogen and oxygen atoms in total. The molecule has 0 aliphatic heterocycles. The molecule has 2 N–H and O–H groups in total. The predicted molar refractivity (Wildman–Crippen MR) is 57.5 cm³/mol. The van der Waals surface area contributed by atoms with E-state index in [2.05, 4.69) is 4.98 Å². The summed E-state index contributed by atoms with van der Waals surface area (Å²) in [5, 5.41) is 0.929. The first-order valence-corrected chi connectivity index (χ1v) is 3.92. The lowest BCUT2D eigenvalue weighted by Gasteiger charge is -1.98. The van der Waals surface area contributed by atoms with Crippen LogP contribution in [0.5, 0.6) is 0 Å². The highest BCUT2D eigenvalue weighted by Gasteiger charge is 2.00. The number of rotatable bonds is 1. The monoisotopic (exact) mass is 208 g/mol. The molecule has 1 amide bonds. The molecule has 1 aromatic carbocycles. The quantitative estimate of drug-likeness (QED) is 0.777. The zero-order valence-electron chi connectivity index (χ0n) is 7.31. The second-order valence-corrected chi connectivity index (χ2v) is 2.78. The molecule has 0 saturated carbocycles. The lowest BCUT2D eigenvalue weighted by Crippen LogP contribution is -2.10. The molecule has 1 aromatic heterocycles. The van der Waals surface area contributed by atoms with Crippen LogP contribution in [0.2, 0.25) is 0 Å². The fraction of sp³-hybridized carbons (Fsp3) is 0. The third-order valence-corrected chi connectivity index (χ3v) is 1.89. The summed E-state index contributed by atoms with van der Waals surface area (Å²) >= 11 is 0. The number of carbonyl (C=O) groups is 1. The van der Waals surface area contributed by atoms with Gasteiger partial charge < -0.3 is 5.73 Å². The Morgan fingerprint density at radius 1 is 1.29 bits per heavy atom. The topological polar surface area (TPSA) is 56.0 Å². The van der Waals surface area contributed by atoms with E-state index in [0.717, 1.165) is 10.9 Å². The van der Waals surface area contributed by atoms with Gasteiger partial charge in [0.1, 0.15) is 0 Å². The molecule has 1 heterocycles. The molecule has 0 spiro atoms. The molecule has 0 aliphatic carbocycles. The summed E-state index contributed by atoms with van der Waals surface area (Å²) in [6.07, 6.45) is 1.71. The van der Waals surface area contributed by atoms with Crippen LogP contribution < -0.4 is 5.73 Å². The summed E-state index contributed by atoms with van der Waals surface area (Å²) in [7, 11) is 0. The number of hydrogen-bond donors (Lipinski definition) is 1. The third kappa shape index (κ3) is 1.83. The molecule has 72 valence electrons. The van der Waals surface area contributed by atoms with Crippen molar-refractivity contribution in [3.8, 4) is 0 Å². The number of nitrogens with zero attached hydrogens (tertiary/aromatic N) is 1. The first-order chi connectivity index (χ1) is 6.27. The van der Waals surface area contributed by atoms with Crippen molar-refractivity contribution in [1.29, 1.82) is 0 Å². The Hall–Kier alpha value is -1.61. The zero-order valence-corrected chi connectivity index (χ0v) is 8.12. The molecule has 0 bridgehead atoms. The van der Waals surface area contributed by atoms with Crippen LogP contribution >= 0.6 is 12.4 Å². The maximum Gasteiger partial charge on any atom is 0.248 e. The molecule has 14 heavy (non-hydrogen) atoms. The summed E-state index contributed by atoms with van der Waals surface area (Å²) in [5.74, 6) is -0.411. The fourth-order valence-corrected chi connectivity index (χ4v) is 1.23. The van der Waals surface area contributed by atoms with E-state index in [1.165, 1.54) is 0 Å². The number of carbonyl (C=O) groups excluding carboxylic acids is 1. The van der Waals surface area contributed by atoms with Crippen LogP contribution in [0.15, 0.2) is 36.5 Å². The van der Waals surface area contributed by atoms with E-state index in [4.69, 9.17) is 5.73 Å². The van der Waals surface area contributed by atoms with Crippen molar-refractivity contribution in [2.75, 3.05) is 0 Å². The molecule has 0 radical (unpaired) electrons. The molecule has 2 aromatic rings. The molecule has 0 atom stereocenters. The Morgan fingerprint density at radius 2 is 2.07 bits per heavy atom. The predicted octanol–water partition coefficient (Wildman–Crippen LogP) is 1.76. The molecular weight excluding hydrogens is 200 g/mol. The lowest BCUT2D eigenvalue weighted by molar-refractivity contribution is 0.100. The number of aromatic nitrogens is 1. The van der Waals surface area contributed by atoms with E-state index in [9.17, 15) is 4.79 Å². The van der Waals surface area contributed by atoms with Gasteiger partial charge in [0.25, 0.3) is 0 Å². The number of benzene rings is 1. The Balaban J connectivity index is 0.000000980. The summed E-state index contributed by atoms with van der Waals surface area (Å²) in [6.45, 7) is 0. The second-order valence-electron chi connectivity index (χ2n) is 2.78. The van der Waals surface area contributed by atoms with Crippen LogP contribution in [-0.2, 0) is 0 Å². The van der Waals surface area contributed by atoms with Gasteiger partial charge in [0, 0.05) is 17.1 Å². The van der Waals surface area contributed by atoms with E-state index in [0.29, 0.717) is 5.56 Å². The summed E-state index contributed by atoms with van der Waals surface area (Å²) < 4.78 is 0. The SMILES string of the molecule is Cl.NC(=O)c1ccc2ncccc2c1. The first kappa shape index (κ1) is 10.5. The van der Waals surface area contributed by atoms with Crippen molar-refractivity contribution in [2.24, 2.45) is 5.73 Å². The minimum Gasteiger partial charge on any atom is -0.366 e. The van der Waals surface area contributed by atoms with Gasteiger partial charge in [-0.25, -0.2) is 0 Å². The van der Waals surface area contributed by atoms with Gasteiger partial charge in [0.2, 0.25) is 5.91 Å². The number of halogens is 1. The Labute approximate surface area is 87.4 Å². The van der Waals surface area contributed by atoms with Crippen molar-refractivity contribution >= 4 is 29.2 Å². The minimum atomic E-state index is -0.411. The average molecular weight is 209 g/mol. The van der Waals surface area contributed by atoms with Gasteiger partial charge in [0.15, 0.2) is 0 Å². The van der Waals surface area contributed by atoms with Crippen molar-refractivity contribution < 1.29 is 4.79 Å². The molecule has 2 rings (SSSR count). The second kappa shape index (κ2) is 4.07. The standard InChI is InChI=1S/C10H8N2O.ClH/c11-10(13)8-3-4-9-7(6-8)2-1-5-12-9;/h1-6H,(H2,11,13);1H. The average Bonchev–Trinajstić information content (AvgIpc) is 2.17. The van der Waals surface area contributed by atoms with Crippen LogP contribution in [0, 0.1) is 0 Å². The number of fused-ring (bicyclic) bond motifs is 1. The van der Waals surface area contributed by atoms with Crippen molar-refractivity contribution in [1.82, 2.24) is 4.98 Å². The van der Waals surface area contributed by atoms with E-state index in [1.807, 2.05) is 12.1 Å². The summed E-state index contributed by atoms with van der Waals surface area (Å²) in [6, 6.07) is 8.93. The van der Waals surface area contributed by atoms with Gasteiger partial charge in [-0.05, 0) is 24.3 Å². The number of primary amides is 1. The third-order valence-electron chi connectivity index (χ3n) is 1.89. The molecule has 0 fully saturated rings. The Kier molecular flexibility index (Phi) is 3.04. The highest BCUT2D eigenvalue weighted by molar-refractivity contribution is 5.96. The van der Waals surface area contributed by atoms with Crippen LogP contribution in [0.25, 0.3) is 10.9 Å². The lowest BCUT2D eigenvalue weighted by atomic mass is 10.1. The fourth-order valence-electron chi connectivity index (χ4n) is 1.23. The van der Waals surface area contributed by atoms with Crippen molar-refractivity contribution in [3.63, 3.8) is 0 Å². The number of amides is 1. The largest absolute Gasteiger partial charge is 0.366 e. The van der Waals surface area contributed by atoms with E-state index in [1.54, 1.807) is 24.4 Å². The Morgan fingerprint density at radius 3 is 2.79 bits per heavy atom. The number of pyridine rings is 1. The Bertz CT molecular complexity index is 470. The molecule has 4 heteroatoms. The highest BCUT2D eigenvalue weighted by atomic mass is 35.5. The first-order valence-electron chi connectivity index (χ1n) is 3.92. The van der Waals surface area contributed by atoms with Gasteiger partial charge in [-0.1, -0.05) is 6.07 Å². The van der Waals surface area contributed by atoms with Crippen LogP contribution in [0.3, 0.4) is 0 Å². The van der Waals surface area contributed by atoms with Gasteiger partial charge in [-0.3, -0.25) is 9.78 Å². The van der Waals surface area contributed by atoms with Crippen molar-refractivity contribution in [2.45, 2.75) is 0 Å². The maximum atomic E-state index is 10.8. The molecular formula is C10H9ClN2O. The minimum absolute atomic E-state index is 0.